The van der Waals surface area contributed by atoms with Crippen molar-refractivity contribution in [3.8, 4) is 18.1 Å². The van der Waals surface area contributed by atoms with Crippen molar-refractivity contribution in [1.29, 1.82) is 0 Å². The molecule has 2 aromatic rings. The number of benzene rings is 2. The highest BCUT2D eigenvalue weighted by Gasteiger charge is 1.98. The molecule has 0 aliphatic heterocycles. The van der Waals surface area contributed by atoms with Gasteiger partial charge in [-0.15, -0.1) is 6.42 Å². The zero-order valence-electron chi connectivity index (χ0n) is 10.3. The van der Waals surface area contributed by atoms with Crippen molar-refractivity contribution in [2.24, 2.45) is 0 Å². The lowest BCUT2D eigenvalue weighted by molar-refractivity contribution is 0.415. The van der Waals surface area contributed by atoms with Gasteiger partial charge in [-0.3, -0.25) is 0 Å². The Balaban J connectivity index is 2.33. The first-order chi connectivity index (χ1) is 8.83. The number of rotatable bonds is 3. The molecule has 0 aliphatic rings. The molecule has 1 nitrogen and oxygen atoms in total. The van der Waals surface area contributed by atoms with Crippen LogP contribution in [0.2, 0.25) is 0 Å². The van der Waals surface area contributed by atoms with Crippen LogP contribution in [-0.2, 0) is 0 Å². The molecule has 2 aromatic carbocycles. The Bertz CT molecular complexity index is 571. The number of hydrogen-bond acceptors (Lipinski definition) is 1. The molecule has 1 heteroatoms. The normalized spacial score (nSPS) is 10.8. The predicted octanol–water partition coefficient (Wildman–Crippen LogP) is 3.87. The quantitative estimate of drug-likeness (QED) is 0.578. The summed E-state index contributed by atoms with van der Waals surface area (Å²) in [6, 6.07) is 17.8. The van der Waals surface area contributed by atoms with Crippen LogP contribution in [0.4, 0.5) is 0 Å². The fourth-order valence-electron chi connectivity index (χ4n) is 1.69. The van der Waals surface area contributed by atoms with Crippen molar-refractivity contribution in [3.05, 3.63) is 65.7 Å². The Kier molecular flexibility index (Phi) is 3.83. The van der Waals surface area contributed by atoms with Gasteiger partial charge < -0.3 is 4.74 Å². The van der Waals surface area contributed by atoms with Crippen LogP contribution in [0.5, 0.6) is 5.75 Å². The first-order valence-electron chi connectivity index (χ1n) is 5.71. The van der Waals surface area contributed by atoms with Gasteiger partial charge in [0, 0.05) is 5.57 Å². The van der Waals surface area contributed by atoms with E-state index in [1.54, 1.807) is 7.11 Å². The minimum Gasteiger partial charge on any atom is -0.497 e. The van der Waals surface area contributed by atoms with E-state index in [4.69, 9.17) is 11.2 Å². The van der Waals surface area contributed by atoms with E-state index >= 15 is 0 Å². The molecule has 0 radical (unpaired) electrons. The number of hydrogen-bond donors (Lipinski definition) is 0. The van der Waals surface area contributed by atoms with Crippen LogP contribution in [0.3, 0.4) is 0 Å². The summed E-state index contributed by atoms with van der Waals surface area (Å²) in [7, 11) is 1.65. The molecule has 2 rings (SSSR count). The fraction of sp³-hybridized carbons (Fsp3) is 0.0588. The number of methoxy groups -OCH3 is 1. The van der Waals surface area contributed by atoms with Crippen LogP contribution < -0.4 is 4.74 Å². The van der Waals surface area contributed by atoms with Gasteiger partial charge >= 0.3 is 0 Å². The third-order valence-corrected chi connectivity index (χ3v) is 2.67. The van der Waals surface area contributed by atoms with Gasteiger partial charge in [0.2, 0.25) is 0 Å². The van der Waals surface area contributed by atoms with Gasteiger partial charge in [0.1, 0.15) is 5.75 Å². The maximum Gasteiger partial charge on any atom is 0.118 e. The van der Waals surface area contributed by atoms with Gasteiger partial charge in [0.25, 0.3) is 0 Å². The summed E-state index contributed by atoms with van der Waals surface area (Å²) >= 11 is 0. The highest BCUT2D eigenvalue weighted by atomic mass is 16.5. The van der Waals surface area contributed by atoms with E-state index in [2.05, 4.69) is 5.92 Å². The SMILES string of the molecule is C#C/C(=C\c1ccc(OC)cc1)c1ccccc1. The van der Waals surface area contributed by atoms with E-state index in [-0.39, 0.29) is 0 Å². The Labute approximate surface area is 108 Å². The van der Waals surface area contributed by atoms with Crippen LogP contribution in [0, 0.1) is 12.3 Å². The highest BCUT2D eigenvalue weighted by molar-refractivity contribution is 5.90. The maximum absolute atomic E-state index is 5.57. The van der Waals surface area contributed by atoms with Gasteiger partial charge in [0.15, 0.2) is 0 Å². The lowest BCUT2D eigenvalue weighted by atomic mass is 10.0. The zero-order valence-corrected chi connectivity index (χ0v) is 10.3. The first-order valence-corrected chi connectivity index (χ1v) is 5.71. The van der Waals surface area contributed by atoms with E-state index in [1.807, 2.05) is 60.7 Å². The van der Waals surface area contributed by atoms with E-state index < -0.39 is 0 Å². The molecule has 0 aliphatic carbocycles. The molecule has 0 saturated carbocycles. The lowest BCUT2D eigenvalue weighted by Crippen LogP contribution is -1.83. The lowest BCUT2D eigenvalue weighted by Gasteiger charge is -2.02. The maximum atomic E-state index is 5.57. The molecule has 0 amide bonds. The van der Waals surface area contributed by atoms with E-state index in [1.165, 1.54) is 0 Å². The van der Waals surface area contributed by atoms with Crippen molar-refractivity contribution in [2.45, 2.75) is 0 Å². The molecule has 0 fully saturated rings. The summed E-state index contributed by atoms with van der Waals surface area (Å²) in [5.74, 6) is 3.57. The zero-order chi connectivity index (χ0) is 12.8. The van der Waals surface area contributed by atoms with Crippen molar-refractivity contribution in [2.75, 3.05) is 7.11 Å². The molecular formula is C17H14O. The standard InChI is InChI=1S/C17H14O/c1-3-15(16-7-5-4-6-8-16)13-14-9-11-17(18-2)12-10-14/h1,4-13H,2H3/b15-13+. The third-order valence-electron chi connectivity index (χ3n) is 2.67. The number of allylic oxidation sites excluding steroid dienone is 1. The molecule has 88 valence electrons. The van der Waals surface area contributed by atoms with Crippen LogP contribution in [-0.4, -0.2) is 7.11 Å². The van der Waals surface area contributed by atoms with Gasteiger partial charge in [-0.05, 0) is 29.3 Å². The predicted molar refractivity (Wildman–Crippen MR) is 76.1 cm³/mol. The average Bonchev–Trinajstić information content (AvgIpc) is 2.46. The highest BCUT2D eigenvalue weighted by Crippen LogP contribution is 2.19. The summed E-state index contributed by atoms with van der Waals surface area (Å²) < 4.78 is 5.12. The van der Waals surface area contributed by atoms with Crippen LogP contribution >= 0.6 is 0 Å². The second kappa shape index (κ2) is 5.75. The molecular weight excluding hydrogens is 220 g/mol. The van der Waals surface area contributed by atoms with Gasteiger partial charge in [0.05, 0.1) is 7.11 Å². The largest absolute Gasteiger partial charge is 0.497 e. The van der Waals surface area contributed by atoms with Crippen molar-refractivity contribution < 1.29 is 4.74 Å². The molecule has 0 N–H and O–H groups in total. The van der Waals surface area contributed by atoms with Crippen LogP contribution in [0.25, 0.3) is 11.6 Å². The Morgan fingerprint density at radius 3 is 2.28 bits per heavy atom. The van der Waals surface area contributed by atoms with Crippen LogP contribution in [0.15, 0.2) is 54.6 Å². The van der Waals surface area contributed by atoms with Gasteiger partial charge in [-0.25, -0.2) is 0 Å². The molecule has 0 bridgehead atoms. The van der Waals surface area contributed by atoms with E-state index in [0.29, 0.717) is 0 Å². The summed E-state index contributed by atoms with van der Waals surface area (Å²) in [6.45, 7) is 0. The van der Waals surface area contributed by atoms with E-state index in [0.717, 1.165) is 22.4 Å². The molecule has 18 heavy (non-hydrogen) atoms. The van der Waals surface area contributed by atoms with Crippen molar-refractivity contribution >= 4 is 11.6 Å². The van der Waals surface area contributed by atoms with Crippen LogP contribution in [0.1, 0.15) is 11.1 Å². The molecule has 0 atom stereocenters. The second-order valence-corrected chi connectivity index (χ2v) is 3.84. The Morgan fingerprint density at radius 2 is 1.72 bits per heavy atom. The molecule has 0 heterocycles. The van der Waals surface area contributed by atoms with Gasteiger partial charge in [-0.2, -0.15) is 0 Å². The molecule has 0 spiro atoms. The Morgan fingerprint density at radius 1 is 1.06 bits per heavy atom. The summed E-state index contributed by atoms with van der Waals surface area (Å²) in [6.07, 6.45) is 7.56. The van der Waals surface area contributed by atoms with E-state index in [9.17, 15) is 0 Å². The fourth-order valence-corrected chi connectivity index (χ4v) is 1.69. The minimum absolute atomic E-state index is 0.842. The summed E-state index contributed by atoms with van der Waals surface area (Å²) in [4.78, 5) is 0. The summed E-state index contributed by atoms with van der Waals surface area (Å²) in [5, 5.41) is 0. The van der Waals surface area contributed by atoms with Gasteiger partial charge in [-0.1, -0.05) is 48.4 Å². The second-order valence-electron chi connectivity index (χ2n) is 3.84. The minimum atomic E-state index is 0.842. The van der Waals surface area contributed by atoms with Crippen molar-refractivity contribution in [1.82, 2.24) is 0 Å². The monoisotopic (exact) mass is 234 g/mol. The topological polar surface area (TPSA) is 9.23 Å². The number of ether oxygens (including phenoxy) is 1. The molecule has 0 unspecified atom stereocenters. The first kappa shape index (κ1) is 12.0. The summed E-state index contributed by atoms with van der Waals surface area (Å²) in [5.41, 5.74) is 2.99. The molecule has 0 aromatic heterocycles. The Hall–Kier alpha value is -2.46. The smallest absolute Gasteiger partial charge is 0.118 e. The average molecular weight is 234 g/mol. The molecule has 0 saturated heterocycles. The third kappa shape index (κ3) is 2.81. The number of terminal acetylenes is 1. The van der Waals surface area contributed by atoms with Crippen molar-refractivity contribution in [3.63, 3.8) is 0 Å².